The Kier molecular flexibility index (Phi) is 5.00. The first-order valence-corrected chi connectivity index (χ1v) is 6.19. The van der Waals surface area contributed by atoms with Crippen LogP contribution in [0.25, 0.3) is 0 Å². The molecule has 0 aliphatic rings. The third kappa shape index (κ3) is 3.08. The number of hydrogen-bond acceptors (Lipinski definition) is 2. The average molecular weight is 243 g/mol. The first-order valence-electron chi connectivity index (χ1n) is 5.82. The summed E-state index contributed by atoms with van der Waals surface area (Å²) in [5.74, 6) is 0.245. The number of ketones is 1. The van der Waals surface area contributed by atoms with E-state index < -0.39 is 0 Å². The average Bonchev–Trinajstić information content (AvgIpc) is 2.53. The molecule has 1 aromatic rings. The van der Waals surface area contributed by atoms with Crippen LogP contribution in [0.1, 0.15) is 44.5 Å². The smallest absolute Gasteiger partial charge is 0.138 e. The lowest BCUT2D eigenvalue weighted by Gasteiger charge is -2.01. The second-order valence-corrected chi connectivity index (χ2v) is 4.38. The monoisotopic (exact) mass is 242 g/mol. The molecule has 1 rings (SSSR count). The Bertz CT molecular complexity index is 371. The van der Waals surface area contributed by atoms with E-state index in [2.05, 4.69) is 12.0 Å². The highest BCUT2D eigenvalue weighted by Gasteiger charge is 2.15. The predicted molar refractivity (Wildman–Crippen MR) is 65.8 cm³/mol. The Balaban J connectivity index is 2.73. The molecule has 16 heavy (non-hydrogen) atoms. The summed E-state index contributed by atoms with van der Waals surface area (Å²) in [5.41, 5.74) is 1.72. The van der Waals surface area contributed by atoms with Crippen LogP contribution in [-0.2, 0) is 24.7 Å². The zero-order chi connectivity index (χ0) is 12.1. The zero-order valence-electron chi connectivity index (χ0n) is 10.2. The molecule has 1 aromatic heterocycles. The number of halogens is 1. The topological polar surface area (TPSA) is 34.9 Å². The van der Waals surface area contributed by atoms with Crippen molar-refractivity contribution in [3.8, 4) is 0 Å². The molecule has 0 atom stereocenters. The van der Waals surface area contributed by atoms with E-state index >= 15 is 0 Å². The summed E-state index contributed by atoms with van der Waals surface area (Å²) in [7, 11) is 1.84. The number of Topliss-reactive ketones (excluding diaryl/α,β-unsaturated/α-hetero) is 1. The summed E-state index contributed by atoms with van der Waals surface area (Å²) < 4.78 is 1.73. The normalized spacial score (nSPS) is 10.8. The van der Waals surface area contributed by atoms with Crippen molar-refractivity contribution in [1.29, 1.82) is 0 Å². The number of hydrogen-bond donors (Lipinski definition) is 0. The third-order valence-corrected chi connectivity index (χ3v) is 3.11. The van der Waals surface area contributed by atoms with Crippen molar-refractivity contribution in [3.63, 3.8) is 0 Å². The van der Waals surface area contributed by atoms with Crippen LogP contribution in [0.4, 0.5) is 0 Å². The minimum absolute atomic E-state index is 0.245. The third-order valence-electron chi connectivity index (χ3n) is 2.68. The Labute approximate surface area is 102 Å². The summed E-state index contributed by atoms with van der Waals surface area (Å²) in [6, 6.07) is 0. The van der Waals surface area contributed by atoms with Crippen LogP contribution in [0.2, 0.25) is 5.02 Å². The Morgan fingerprint density at radius 2 is 2.12 bits per heavy atom. The van der Waals surface area contributed by atoms with E-state index in [-0.39, 0.29) is 5.78 Å². The van der Waals surface area contributed by atoms with Crippen molar-refractivity contribution in [2.75, 3.05) is 0 Å². The van der Waals surface area contributed by atoms with Crippen LogP contribution in [0.5, 0.6) is 0 Å². The zero-order valence-corrected chi connectivity index (χ0v) is 11.0. The minimum atomic E-state index is 0.245. The summed E-state index contributed by atoms with van der Waals surface area (Å²) in [6.45, 7) is 4.09. The van der Waals surface area contributed by atoms with Crippen LogP contribution in [0, 0.1) is 0 Å². The molecule has 0 fully saturated rings. The molecule has 0 amide bonds. The maximum absolute atomic E-state index is 11.7. The first kappa shape index (κ1) is 13.2. The van der Waals surface area contributed by atoms with Crippen LogP contribution in [0.3, 0.4) is 0 Å². The van der Waals surface area contributed by atoms with E-state index in [0.717, 1.165) is 30.7 Å². The lowest BCUT2D eigenvalue weighted by atomic mass is 10.1. The SMILES string of the molecule is CCCCC(=O)Cc1c(Cl)c(CC)nn1C. The number of unbranched alkanes of at least 4 members (excludes halogenated alkanes) is 1. The quantitative estimate of drug-likeness (QED) is 0.769. The second kappa shape index (κ2) is 6.04. The second-order valence-electron chi connectivity index (χ2n) is 4.00. The molecule has 0 saturated heterocycles. The molecule has 0 aromatic carbocycles. The maximum Gasteiger partial charge on any atom is 0.138 e. The largest absolute Gasteiger partial charge is 0.299 e. The van der Waals surface area contributed by atoms with Gasteiger partial charge in [-0.3, -0.25) is 9.48 Å². The Morgan fingerprint density at radius 1 is 1.44 bits per heavy atom. The highest BCUT2D eigenvalue weighted by Crippen LogP contribution is 2.21. The number of carbonyl (C=O) groups is 1. The van der Waals surface area contributed by atoms with E-state index in [0.29, 0.717) is 17.9 Å². The molecule has 0 saturated carbocycles. The standard InChI is InChI=1S/C12H19ClN2O/c1-4-6-7-9(16)8-11-12(13)10(5-2)14-15(11)3/h4-8H2,1-3H3. The van der Waals surface area contributed by atoms with Gasteiger partial charge in [0.2, 0.25) is 0 Å². The summed E-state index contributed by atoms with van der Waals surface area (Å²) in [4.78, 5) is 11.7. The van der Waals surface area contributed by atoms with Gasteiger partial charge in [-0.1, -0.05) is 31.9 Å². The van der Waals surface area contributed by atoms with Gasteiger partial charge < -0.3 is 0 Å². The van der Waals surface area contributed by atoms with Crippen LogP contribution < -0.4 is 0 Å². The van der Waals surface area contributed by atoms with Crippen molar-refractivity contribution < 1.29 is 4.79 Å². The number of nitrogens with zero attached hydrogens (tertiary/aromatic N) is 2. The molecule has 0 N–H and O–H groups in total. The fraction of sp³-hybridized carbons (Fsp3) is 0.667. The van der Waals surface area contributed by atoms with Gasteiger partial charge in [0.05, 0.1) is 16.4 Å². The fourth-order valence-corrected chi connectivity index (χ4v) is 2.02. The number of carbonyl (C=O) groups excluding carboxylic acids is 1. The molecule has 0 aliphatic heterocycles. The lowest BCUT2D eigenvalue weighted by molar-refractivity contribution is -0.118. The van der Waals surface area contributed by atoms with E-state index in [1.165, 1.54) is 0 Å². The van der Waals surface area contributed by atoms with Crippen LogP contribution in [-0.4, -0.2) is 15.6 Å². The van der Waals surface area contributed by atoms with E-state index in [1.54, 1.807) is 4.68 Å². The molecule has 0 aliphatic carbocycles. The lowest BCUT2D eigenvalue weighted by Crippen LogP contribution is -2.07. The van der Waals surface area contributed by atoms with Gasteiger partial charge in [-0.05, 0) is 12.8 Å². The van der Waals surface area contributed by atoms with Gasteiger partial charge in [-0.2, -0.15) is 5.10 Å². The van der Waals surface area contributed by atoms with Gasteiger partial charge in [0, 0.05) is 19.9 Å². The molecule has 0 bridgehead atoms. The van der Waals surface area contributed by atoms with Gasteiger partial charge >= 0.3 is 0 Å². The van der Waals surface area contributed by atoms with E-state index in [4.69, 9.17) is 11.6 Å². The molecular weight excluding hydrogens is 224 g/mol. The highest BCUT2D eigenvalue weighted by atomic mass is 35.5. The number of rotatable bonds is 6. The first-order chi connectivity index (χ1) is 7.60. The Morgan fingerprint density at radius 3 is 2.62 bits per heavy atom. The number of aromatic nitrogens is 2. The molecular formula is C12H19ClN2O. The van der Waals surface area contributed by atoms with Crippen molar-refractivity contribution in [1.82, 2.24) is 9.78 Å². The molecule has 4 heteroatoms. The van der Waals surface area contributed by atoms with Gasteiger partial charge in [-0.25, -0.2) is 0 Å². The van der Waals surface area contributed by atoms with Crippen molar-refractivity contribution >= 4 is 17.4 Å². The fourth-order valence-electron chi connectivity index (χ4n) is 1.66. The minimum Gasteiger partial charge on any atom is -0.299 e. The molecule has 90 valence electrons. The van der Waals surface area contributed by atoms with Crippen LogP contribution in [0.15, 0.2) is 0 Å². The van der Waals surface area contributed by atoms with Crippen LogP contribution >= 0.6 is 11.6 Å². The molecule has 3 nitrogen and oxygen atoms in total. The number of aryl methyl sites for hydroxylation is 2. The van der Waals surface area contributed by atoms with Gasteiger partial charge in [0.1, 0.15) is 5.78 Å². The maximum atomic E-state index is 11.7. The summed E-state index contributed by atoms with van der Waals surface area (Å²) in [6.07, 6.45) is 3.84. The summed E-state index contributed by atoms with van der Waals surface area (Å²) in [5, 5.41) is 4.96. The molecule has 0 unspecified atom stereocenters. The van der Waals surface area contributed by atoms with Crippen molar-refractivity contribution in [2.45, 2.75) is 46.0 Å². The van der Waals surface area contributed by atoms with Gasteiger partial charge in [-0.15, -0.1) is 0 Å². The molecule has 0 radical (unpaired) electrons. The van der Waals surface area contributed by atoms with E-state index in [9.17, 15) is 4.79 Å². The predicted octanol–water partition coefficient (Wildman–Crippen LogP) is 2.94. The summed E-state index contributed by atoms with van der Waals surface area (Å²) >= 11 is 6.17. The van der Waals surface area contributed by atoms with Crippen molar-refractivity contribution in [2.24, 2.45) is 7.05 Å². The van der Waals surface area contributed by atoms with Gasteiger partial charge in [0.25, 0.3) is 0 Å². The molecule has 0 spiro atoms. The van der Waals surface area contributed by atoms with Crippen molar-refractivity contribution in [3.05, 3.63) is 16.4 Å². The highest BCUT2D eigenvalue weighted by molar-refractivity contribution is 6.32. The molecule has 1 heterocycles. The van der Waals surface area contributed by atoms with Gasteiger partial charge in [0.15, 0.2) is 0 Å². The Hall–Kier alpha value is -0.830. The van der Waals surface area contributed by atoms with E-state index in [1.807, 2.05) is 14.0 Å².